The second kappa shape index (κ2) is 72.0. The molecule has 0 amide bonds. The van der Waals surface area contributed by atoms with Crippen LogP contribution >= 0.6 is 15.6 Å². The molecule has 98 heavy (non-hydrogen) atoms. The quantitative estimate of drug-likeness (QED) is 0.0222. The molecule has 0 radical (unpaired) electrons. The highest BCUT2D eigenvalue weighted by Gasteiger charge is 2.30. The van der Waals surface area contributed by atoms with Gasteiger partial charge < -0.3 is 33.8 Å². The number of phosphoric acid groups is 2. The summed E-state index contributed by atoms with van der Waals surface area (Å²) >= 11 is 0. The van der Waals surface area contributed by atoms with Crippen LogP contribution in [0.1, 0.15) is 420 Å². The SMILES string of the molecule is CCCCCCCCCCCCCCCCCCC(=O)OC[C@H](COP(=O)(O)OC[C@@H](O)COP(=O)(O)OC[C@@H](COC(=O)CCCCCCCCCC)OC(=O)CCCCCCCCCCCCCCCCC)OC(=O)CCCCCCCCCCCCCCCCCCC(C)C. The number of hydrogen-bond donors (Lipinski definition) is 3. The Hall–Kier alpha value is -1.94. The van der Waals surface area contributed by atoms with Crippen molar-refractivity contribution in [3.05, 3.63) is 0 Å². The molecular weight excluding hydrogens is 1280 g/mol. The first-order valence-electron chi connectivity index (χ1n) is 41.1. The zero-order valence-electron chi connectivity index (χ0n) is 63.9. The summed E-state index contributed by atoms with van der Waals surface area (Å²) < 4.78 is 68.6. The Bertz CT molecular complexity index is 1870. The topological polar surface area (TPSA) is 237 Å². The summed E-state index contributed by atoms with van der Waals surface area (Å²) in [7, 11) is -9.91. The van der Waals surface area contributed by atoms with Gasteiger partial charge in [0.1, 0.15) is 19.3 Å². The molecule has 0 rings (SSSR count). The second-order valence-corrected chi connectivity index (χ2v) is 31.8. The molecule has 0 heterocycles. The molecule has 5 atom stereocenters. The average molecular weight is 1440 g/mol. The Balaban J connectivity index is 5.20. The van der Waals surface area contributed by atoms with Crippen LogP contribution in [0.2, 0.25) is 0 Å². The number of esters is 4. The molecule has 3 N–H and O–H groups in total. The highest BCUT2D eigenvalue weighted by molar-refractivity contribution is 7.47. The van der Waals surface area contributed by atoms with Gasteiger partial charge in [-0.2, -0.15) is 0 Å². The minimum Gasteiger partial charge on any atom is -0.462 e. The molecule has 0 aromatic heterocycles. The first kappa shape index (κ1) is 96.1. The summed E-state index contributed by atoms with van der Waals surface area (Å²) in [5, 5.41) is 10.6. The Morgan fingerprint density at radius 1 is 0.276 bits per heavy atom. The van der Waals surface area contributed by atoms with E-state index in [0.29, 0.717) is 25.7 Å². The van der Waals surface area contributed by atoms with Crippen LogP contribution in [-0.4, -0.2) is 96.7 Å². The lowest BCUT2D eigenvalue weighted by Crippen LogP contribution is -2.30. The van der Waals surface area contributed by atoms with Crippen LogP contribution in [0, 0.1) is 5.92 Å². The smallest absolute Gasteiger partial charge is 0.462 e. The fourth-order valence-electron chi connectivity index (χ4n) is 12.2. The molecule has 0 saturated heterocycles. The van der Waals surface area contributed by atoms with Crippen LogP contribution in [0.3, 0.4) is 0 Å². The van der Waals surface area contributed by atoms with Crippen molar-refractivity contribution in [2.75, 3.05) is 39.6 Å². The zero-order chi connectivity index (χ0) is 71.9. The second-order valence-electron chi connectivity index (χ2n) is 28.9. The van der Waals surface area contributed by atoms with E-state index < -0.39 is 97.5 Å². The van der Waals surface area contributed by atoms with Crippen molar-refractivity contribution in [1.29, 1.82) is 0 Å². The molecule has 17 nitrogen and oxygen atoms in total. The zero-order valence-corrected chi connectivity index (χ0v) is 65.7. The summed E-state index contributed by atoms with van der Waals surface area (Å²) in [6, 6.07) is 0. The maximum Gasteiger partial charge on any atom is 0.472 e. The van der Waals surface area contributed by atoms with Crippen molar-refractivity contribution in [3.8, 4) is 0 Å². The van der Waals surface area contributed by atoms with Gasteiger partial charge in [-0.3, -0.25) is 37.3 Å². The normalized spacial score (nSPS) is 13.9. The molecule has 0 aliphatic rings. The highest BCUT2D eigenvalue weighted by Crippen LogP contribution is 2.45. The molecule has 0 aromatic carbocycles. The first-order chi connectivity index (χ1) is 47.5. The Labute approximate surface area is 600 Å². The number of rotatable bonds is 79. The van der Waals surface area contributed by atoms with Crippen LogP contribution in [0.15, 0.2) is 0 Å². The van der Waals surface area contributed by atoms with Crippen molar-refractivity contribution in [2.24, 2.45) is 5.92 Å². The third-order valence-electron chi connectivity index (χ3n) is 18.5. The number of carbonyl (C=O) groups is 4. The van der Waals surface area contributed by atoms with Gasteiger partial charge in [0, 0.05) is 25.7 Å². The van der Waals surface area contributed by atoms with Crippen molar-refractivity contribution >= 4 is 39.5 Å². The van der Waals surface area contributed by atoms with Gasteiger partial charge in [0.2, 0.25) is 0 Å². The van der Waals surface area contributed by atoms with Gasteiger partial charge >= 0.3 is 39.5 Å². The van der Waals surface area contributed by atoms with E-state index in [1.165, 1.54) is 238 Å². The maximum atomic E-state index is 13.1. The van der Waals surface area contributed by atoms with Crippen LogP contribution in [0.25, 0.3) is 0 Å². The van der Waals surface area contributed by atoms with Gasteiger partial charge in [-0.25, -0.2) is 9.13 Å². The third-order valence-corrected chi connectivity index (χ3v) is 20.4. The van der Waals surface area contributed by atoms with E-state index in [1.807, 2.05) is 0 Å². The van der Waals surface area contributed by atoms with Crippen molar-refractivity contribution < 1.29 is 80.2 Å². The van der Waals surface area contributed by atoms with Gasteiger partial charge in [-0.1, -0.05) is 369 Å². The molecule has 19 heteroatoms. The molecule has 0 aromatic rings. The van der Waals surface area contributed by atoms with E-state index >= 15 is 0 Å². The predicted octanol–water partition coefficient (Wildman–Crippen LogP) is 23.6. The molecule has 0 aliphatic heterocycles. The molecule has 0 fully saturated rings. The van der Waals surface area contributed by atoms with Gasteiger partial charge in [0.25, 0.3) is 0 Å². The fraction of sp³-hybridized carbons (Fsp3) is 0.949. The molecule has 0 saturated carbocycles. The Kier molecular flexibility index (Phi) is 70.6. The van der Waals surface area contributed by atoms with E-state index in [9.17, 15) is 43.2 Å². The van der Waals surface area contributed by atoms with Crippen LogP contribution in [0.4, 0.5) is 0 Å². The summed E-state index contributed by atoms with van der Waals surface area (Å²) in [6.07, 6.45) is 62.4. The third kappa shape index (κ3) is 72.4. The van der Waals surface area contributed by atoms with E-state index in [4.69, 9.17) is 37.0 Å². The summed E-state index contributed by atoms with van der Waals surface area (Å²) in [5.74, 6) is -1.30. The van der Waals surface area contributed by atoms with E-state index in [1.54, 1.807) is 0 Å². The van der Waals surface area contributed by atoms with Gasteiger partial charge in [-0.05, 0) is 31.6 Å². The number of phosphoric ester groups is 2. The number of carbonyl (C=O) groups excluding carboxylic acids is 4. The predicted molar refractivity (Wildman–Crippen MR) is 400 cm³/mol. The minimum atomic E-state index is -4.96. The number of aliphatic hydroxyl groups excluding tert-OH is 1. The van der Waals surface area contributed by atoms with Crippen molar-refractivity contribution in [1.82, 2.24) is 0 Å². The maximum absolute atomic E-state index is 13.1. The largest absolute Gasteiger partial charge is 0.472 e. The lowest BCUT2D eigenvalue weighted by Gasteiger charge is -2.21. The van der Waals surface area contributed by atoms with Gasteiger partial charge in [-0.15, -0.1) is 0 Å². The van der Waals surface area contributed by atoms with Crippen LogP contribution in [0.5, 0.6) is 0 Å². The molecular formula is C79H154O17P2. The summed E-state index contributed by atoms with van der Waals surface area (Å²) in [6.45, 7) is 7.33. The number of unbranched alkanes of at least 4 members (excludes halogenated alkanes) is 51. The van der Waals surface area contributed by atoms with Crippen molar-refractivity contribution in [3.63, 3.8) is 0 Å². The standard InChI is InChI=1S/C79H154O17P2/c1-6-9-12-15-18-21-23-25-27-32-35-39-43-48-53-58-63-77(82)90-69-75(96-79(84)65-60-55-50-45-41-37-33-29-28-31-34-38-42-46-51-56-61-72(4)5)71-94-98(87,88)92-67-73(80)66-91-97(85,86)93-70-74(68-89-76(81)62-57-52-47-20-17-14-11-8-3)95-78(83)64-59-54-49-44-40-36-30-26-24-22-19-16-13-10-7-2/h72-75,80H,6-71H2,1-5H3,(H,85,86)(H,87,88)/t73-,74+,75+/m0/s1. The lowest BCUT2D eigenvalue weighted by molar-refractivity contribution is -0.161. The van der Waals surface area contributed by atoms with Crippen molar-refractivity contribution in [2.45, 2.75) is 438 Å². The van der Waals surface area contributed by atoms with Crippen LogP contribution < -0.4 is 0 Å². The van der Waals surface area contributed by atoms with Gasteiger partial charge in [0.15, 0.2) is 12.2 Å². The van der Waals surface area contributed by atoms with E-state index in [0.717, 1.165) is 102 Å². The molecule has 0 bridgehead atoms. The molecule has 582 valence electrons. The summed E-state index contributed by atoms with van der Waals surface area (Å²) in [5.41, 5.74) is 0. The lowest BCUT2D eigenvalue weighted by atomic mass is 10.0. The Morgan fingerprint density at radius 3 is 0.694 bits per heavy atom. The van der Waals surface area contributed by atoms with E-state index in [-0.39, 0.29) is 25.7 Å². The van der Waals surface area contributed by atoms with Gasteiger partial charge in [0.05, 0.1) is 26.4 Å². The number of hydrogen-bond acceptors (Lipinski definition) is 15. The highest BCUT2D eigenvalue weighted by atomic mass is 31.2. The van der Waals surface area contributed by atoms with E-state index in [2.05, 4.69) is 34.6 Å². The molecule has 0 aliphatic carbocycles. The first-order valence-corrected chi connectivity index (χ1v) is 44.1. The summed E-state index contributed by atoms with van der Waals surface area (Å²) in [4.78, 5) is 72.9. The molecule has 2 unspecified atom stereocenters. The monoisotopic (exact) mass is 1440 g/mol. The Morgan fingerprint density at radius 2 is 0.469 bits per heavy atom. The minimum absolute atomic E-state index is 0.108. The average Bonchev–Trinajstić information content (AvgIpc) is 1.11. The number of aliphatic hydroxyl groups is 1. The van der Waals surface area contributed by atoms with Crippen LogP contribution in [-0.2, 0) is 65.4 Å². The fourth-order valence-corrected chi connectivity index (χ4v) is 13.8. The molecule has 0 spiro atoms. The number of ether oxygens (including phenoxy) is 4.